The predicted molar refractivity (Wildman–Crippen MR) is 97.1 cm³/mol. The minimum absolute atomic E-state index is 0.0957. The van der Waals surface area contributed by atoms with E-state index in [0.29, 0.717) is 37.7 Å². The first-order chi connectivity index (χ1) is 13.9. The molecule has 0 spiro atoms. The largest absolute Gasteiger partial charge is 0.444 e. The number of oxazole rings is 1. The van der Waals surface area contributed by atoms with Gasteiger partial charge in [0.05, 0.1) is 5.56 Å². The molecule has 0 atom stereocenters. The second-order valence-corrected chi connectivity index (χ2v) is 6.44. The number of rotatable bonds is 3. The number of carbonyl (C=O) groups excluding carboxylic acids is 1. The van der Waals surface area contributed by atoms with E-state index >= 15 is 0 Å². The lowest BCUT2D eigenvalue weighted by Crippen LogP contribution is -2.49. The monoisotopic (exact) mass is 403 g/mol. The summed E-state index contributed by atoms with van der Waals surface area (Å²) in [6.45, 7) is 2.11. The van der Waals surface area contributed by atoms with Crippen LogP contribution in [0.15, 0.2) is 53.4 Å². The fourth-order valence-electron chi connectivity index (χ4n) is 3.03. The Labute approximate surface area is 163 Å². The van der Waals surface area contributed by atoms with Gasteiger partial charge < -0.3 is 14.2 Å². The van der Waals surface area contributed by atoms with Crippen molar-refractivity contribution in [3.8, 4) is 11.5 Å². The van der Waals surface area contributed by atoms with E-state index in [1.165, 1.54) is 18.4 Å². The zero-order valence-corrected chi connectivity index (χ0v) is 15.1. The molecule has 7 nitrogen and oxygen atoms in total. The van der Waals surface area contributed by atoms with E-state index in [1.807, 2.05) is 4.90 Å². The highest BCUT2D eigenvalue weighted by Crippen LogP contribution is 2.30. The van der Waals surface area contributed by atoms with E-state index < -0.39 is 11.7 Å². The van der Waals surface area contributed by atoms with Gasteiger partial charge in [-0.2, -0.15) is 13.2 Å². The van der Waals surface area contributed by atoms with Crippen LogP contribution in [0.4, 0.5) is 19.1 Å². The maximum atomic E-state index is 12.7. The molecule has 2 aromatic heterocycles. The molecular weight excluding hydrogens is 387 g/mol. The van der Waals surface area contributed by atoms with Gasteiger partial charge in [-0.3, -0.25) is 4.79 Å². The van der Waals surface area contributed by atoms with Crippen LogP contribution in [-0.2, 0) is 6.18 Å². The third-order valence-corrected chi connectivity index (χ3v) is 4.58. The maximum absolute atomic E-state index is 12.7. The Morgan fingerprint density at radius 2 is 1.66 bits per heavy atom. The molecule has 0 bridgehead atoms. The Kier molecular flexibility index (Phi) is 4.91. The number of hydrogen-bond donors (Lipinski definition) is 0. The molecule has 10 heteroatoms. The van der Waals surface area contributed by atoms with Crippen molar-refractivity contribution in [3.63, 3.8) is 0 Å². The molecule has 0 saturated carbocycles. The van der Waals surface area contributed by atoms with Crippen molar-refractivity contribution in [2.75, 3.05) is 31.1 Å². The van der Waals surface area contributed by atoms with Crippen LogP contribution in [-0.4, -0.2) is 51.9 Å². The van der Waals surface area contributed by atoms with Crippen molar-refractivity contribution >= 4 is 11.9 Å². The number of aromatic nitrogens is 3. The molecule has 1 amide bonds. The second-order valence-electron chi connectivity index (χ2n) is 6.44. The van der Waals surface area contributed by atoms with Gasteiger partial charge in [-0.15, -0.1) is 0 Å². The van der Waals surface area contributed by atoms with Crippen LogP contribution in [0.25, 0.3) is 11.5 Å². The highest BCUT2D eigenvalue weighted by molar-refractivity contribution is 5.92. The summed E-state index contributed by atoms with van der Waals surface area (Å²) in [5.74, 6) is 0.421. The summed E-state index contributed by atoms with van der Waals surface area (Å²) < 4.78 is 43.3. The highest BCUT2D eigenvalue weighted by atomic mass is 19.4. The number of anilines is 1. The fourth-order valence-corrected chi connectivity index (χ4v) is 3.03. The van der Waals surface area contributed by atoms with E-state index in [-0.39, 0.29) is 17.5 Å². The van der Waals surface area contributed by atoms with E-state index in [4.69, 9.17) is 4.42 Å². The first-order valence-corrected chi connectivity index (χ1v) is 8.86. The van der Waals surface area contributed by atoms with Crippen molar-refractivity contribution in [1.29, 1.82) is 0 Å². The number of halogens is 3. The fraction of sp³-hybridized carbons (Fsp3) is 0.263. The molecule has 1 saturated heterocycles. The van der Waals surface area contributed by atoms with Crippen LogP contribution >= 0.6 is 0 Å². The molecule has 3 heterocycles. The van der Waals surface area contributed by atoms with Gasteiger partial charge in [0.2, 0.25) is 11.8 Å². The first-order valence-electron chi connectivity index (χ1n) is 8.86. The number of alkyl halides is 3. The summed E-state index contributed by atoms with van der Waals surface area (Å²) in [4.78, 5) is 28.9. The number of hydrogen-bond acceptors (Lipinski definition) is 6. The number of piperazine rings is 1. The third-order valence-electron chi connectivity index (χ3n) is 4.58. The number of amides is 1. The molecule has 0 N–H and O–H groups in total. The SMILES string of the molecule is O=C(c1coc(-c2ccc(C(F)(F)F)cc2)n1)N1CCN(c2ncccn2)CC1. The second kappa shape index (κ2) is 7.53. The number of carbonyl (C=O) groups is 1. The summed E-state index contributed by atoms with van der Waals surface area (Å²) >= 11 is 0. The molecule has 3 aromatic rings. The van der Waals surface area contributed by atoms with Crippen LogP contribution in [0.3, 0.4) is 0 Å². The Bertz CT molecular complexity index is 981. The lowest BCUT2D eigenvalue weighted by atomic mass is 10.1. The van der Waals surface area contributed by atoms with Gasteiger partial charge in [0.1, 0.15) is 6.26 Å². The molecule has 1 aromatic carbocycles. The molecule has 0 unspecified atom stereocenters. The minimum atomic E-state index is -4.41. The molecule has 1 aliphatic rings. The molecule has 0 radical (unpaired) electrons. The van der Waals surface area contributed by atoms with Gasteiger partial charge >= 0.3 is 6.18 Å². The Balaban J connectivity index is 1.41. The van der Waals surface area contributed by atoms with E-state index in [1.54, 1.807) is 23.4 Å². The molecule has 1 aliphatic heterocycles. The molecular formula is C19H16F3N5O2. The van der Waals surface area contributed by atoms with Crippen molar-refractivity contribution in [1.82, 2.24) is 19.9 Å². The minimum Gasteiger partial charge on any atom is -0.444 e. The zero-order valence-electron chi connectivity index (χ0n) is 15.1. The lowest BCUT2D eigenvalue weighted by molar-refractivity contribution is -0.137. The Morgan fingerprint density at radius 3 is 2.28 bits per heavy atom. The quantitative estimate of drug-likeness (QED) is 0.669. The predicted octanol–water partition coefficient (Wildman–Crippen LogP) is 3.11. The zero-order chi connectivity index (χ0) is 20.4. The van der Waals surface area contributed by atoms with Crippen molar-refractivity contribution in [2.24, 2.45) is 0 Å². The van der Waals surface area contributed by atoms with Gasteiger partial charge in [0, 0.05) is 44.1 Å². The van der Waals surface area contributed by atoms with Crippen LogP contribution < -0.4 is 4.90 Å². The Hall–Kier alpha value is -3.43. The van der Waals surface area contributed by atoms with Crippen LogP contribution in [0.2, 0.25) is 0 Å². The van der Waals surface area contributed by atoms with E-state index in [2.05, 4.69) is 15.0 Å². The van der Waals surface area contributed by atoms with E-state index in [9.17, 15) is 18.0 Å². The normalized spacial score (nSPS) is 14.9. The average molecular weight is 403 g/mol. The van der Waals surface area contributed by atoms with Gasteiger partial charge in [0.15, 0.2) is 5.69 Å². The molecule has 0 aliphatic carbocycles. The van der Waals surface area contributed by atoms with Crippen molar-refractivity contribution < 1.29 is 22.4 Å². The molecule has 29 heavy (non-hydrogen) atoms. The summed E-state index contributed by atoms with van der Waals surface area (Å²) in [5, 5.41) is 0. The van der Waals surface area contributed by atoms with Crippen molar-refractivity contribution in [2.45, 2.75) is 6.18 Å². The topological polar surface area (TPSA) is 75.4 Å². The van der Waals surface area contributed by atoms with Crippen LogP contribution in [0.1, 0.15) is 16.1 Å². The first kappa shape index (κ1) is 18.9. The maximum Gasteiger partial charge on any atom is 0.416 e. The summed E-state index contributed by atoms with van der Waals surface area (Å²) in [5.41, 5.74) is -0.281. The summed E-state index contributed by atoms with van der Waals surface area (Å²) in [7, 11) is 0. The number of nitrogens with zero attached hydrogens (tertiary/aromatic N) is 5. The van der Waals surface area contributed by atoms with Crippen LogP contribution in [0, 0.1) is 0 Å². The highest BCUT2D eigenvalue weighted by Gasteiger charge is 2.30. The standard InChI is InChI=1S/C19H16F3N5O2/c20-19(21,22)14-4-2-13(3-5-14)16-25-15(12-29-16)17(28)26-8-10-27(11-9-26)18-23-6-1-7-24-18/h1-7,12H,8-11H2. The third kappa shape index (κ3) is 4.05. The number of benzene rings is 1. The van der Waals surface area contributed by atoms with E-state index in [0.717, 1.165) is 12.1 Å². The summed E-state index contributed by atoms with van der Waals surface area (Å²) in [6, 6.07) is 6.17. The van der Waals surface area contributed by atoms with Gasteiger partial charge in [0.25, 0.3) is 5.91 Å². The van der Waals surface area contributed by atoms with Crippen molar-refractivity contribution in [3.05, 3.63) is 60.2 Å². The molecule has 1 fully saturated rings. The lowest BCUT2D eigenvalue weighted by Gasteiger charge is -2.34. The Morgan fingerprint density at radius 1 is 1.00 bits per heavy atom. The van der Waals surface area contributed by atoms with Crippen LogP contribution in [0.5, 0.6) is 0 Å². The van der Waals surface area contributed by atoms with Gasteiger partial charge in [-0.25, -0.2) is 15.0 Å². The average Bonchev–Trinajstić information content (AvgIpc) is 3.24. The van der Waals surface area contributed by atoms with Gasteiger partial charge in [-0.05, 0) is 30.3 Å². The van der Waals surface area contributed by atoms with Gasteiger partial charge in [-0.1, -0.05) is 0 Å². The smallest absolute Gasteiger partial charge is 0.416 e. The molecule has 150 valence electrons. The molecule has 4 rings (SSSR count). The summed E-state index contributed by atoms with van der Waals surface area (Å²) in [6.07, 6.45) is 0.140.